The molecule has 3 N–H and O–H groups in total. The minimum atomic E-state index is -0.531. The van der Waals surface area contributed by atoms with E-state index in [0.29, 0.717) is 23.9 Å². The number of amides is 2. The third-order valence-electron chi connectivity index (χ3n) is 3.44. The summed E-state index contributed by atoms with van der Waals surface area (Å²) in [5, 5.41) is 15.2. The van der Waals surface area contributed by atoms with Crippen LogP contribution in [-0.2, 0) is 0 Å². The first-order valence-electron chi connectivity index (χ1n) is 8.07. The predicted octanol–water partition coefficient (Wildman–Crippen LogP) is 2.98. The van der Waals surface area contributed by atoms with Crippen molar-refractivity contribution in [1.29, 1.82) is 0 Å². The van der Waals surface area contributed by atoms with Gasteiger partial charge in [0.25, 0.3) is 0 Å². The molecule has 0 aliphatic carbocycles. The number of carbonyl (C=O) groups excluding carboxylic acids is 1. The van der Waals surface area contributed by atoms with E-state index >= 15 is 0 Å². The summed E-state index contributed by atoms with van der Waals surface area (Å²) in [4.78, 5) is 20.4. The number of hydrogen-bond acceptors (Lipinski definition) is 4. The van der Waals surface area contributed by atoms with Crippen molar-refractivity contribution in [3.63, 3.8) is 0 Å². The van der Waals surface area contributed by atoms with E-state index in [2.05, 4.69) is 20.6 Å². The van der Waals surface area contributed by atoms with Gasteiger partial charge in [-0.1, -0.05) is 13.8 Å². The van der Waals surface area contributed by atoms with Crippen molar-refractivity contribution < 1.29 is 9.90 Å². The Kier molecular flexibility index (Phi) is 6.26. The van der Waals surface area contributed by atoms with Crippen LogP contribution < -0.4 is 10.6 Å². The second-order valence-corrected chi connectivity index (χ2v) is 6.22. The van der Waals surface area contributed by atoms with Crippen LogP contribution in [0.1, 0.15) is 26.0 Å². The lowest BCUT2D eigenvalue weighted by Crippen LogP contribution is -2.35. The molecule has 0 aliphatic rings. The molecule has 1 heterocycles. The zero-order valence-electron chi connectivity index (χ0n) is 14.3. The normalized spacial score (nSPS) is 12.0. The Balaban J connectivity index is 1.88. The molecular weight excluding hydrogens is 304 g/mol. The van der Waals surface area contributed by atoms with Gasteiger partial charge in [0.1, 0.15) is 0 Å². The van der Waals surface area contributed by atoms with Gasteiger partial charge in [0, 0.05) is 29.7 Å². The smallest absolute Gasteiger partial charge is 0.319 e. The lowest BCUT2D eigenvalue weighted by Gasteiger charge is -2.14. The van der Waals surface area contributed by atoms with Crippen molar-refractivity contribution in [2.24, 2.45) is 5.92 Å². The van der Waals surface area contributed by atoms with Gasteiger partial charge in [-0.3, -0.25) is 0 Å². The highest BCUT2D eigenvalue weighted by molar-refractivity contribution is 5.89. The zero-order valence-corrected chi connectivity index (χ0v) is 14.3. The van der Waals surface area contributed by atoms with Crippen molar-refractivity contribution in [3.05, 3.63) is 42.2 Å². The van der Waals surface area contributed by atoms with Crippen LogP contribution in [0.5, 0.6) is 0 Å². The molecular formula is C18H24N4O2. The maximum Gasteiger partial charge on any atom is 0.319 e. The van der Waals surface area contributed by atoms with Gasteiger partial charge >= 0.3 is 6.03 Å². The molecule has 2 aromatic rings. The number of anilines is 1. The van der Waals surface area contributed by atoms with Gasteiger partial charge in [-0.25, -0.2) is 14.8 Å². The van der Waals surface area contributed by atoms with Gasteiger partial charge in [0.15, 0.2) is 5.82 Å². The van der Waals surface area contributed by atoms with Crippen LogP contribution >= 0.6 is 0 Å². The highest BCUT2D eigenvalue weighted by Gasteiger charge is 2.09. The fraction of sp³-hybridized carbons (Fsp3) is 0.389. The number of carbonyl (C=O) groups is 1. The first kappa shape index (κ1) is 17.9. The molecule has 1 aromatic heterocycles. The van der Waals surface area contributed by atoms with Crippen LogP contribution in [0.2, 0.25) is 0 Å². The summed E-state index contributed by atoms with van der Waals surface area (Å²) in [6.07, 6.45) is 1.85. The first-order chi connectivity index (χ1) is 11.4. The summed E-state index contributed by atoms with van der Waals surface area (Å²) in [6.45, 7) is 6.21. The van der Waals surface area contributed by atoms with E-state index in [-0.39, 0.29) is 12.6 Å². The summed E-state index contributed by atoms with van der Waals surface area (Å²) in [7, 11) is 0. The van der Waals surface area contributed by atoms with Gasteiger partial charge < -0.3 is 15.7 Å². The van der Waals surface area contributed by atoms with E-state index in [1.165, 1.54) is 0 Å². The molecule has 0 saturated carbocycles. The van der Waals surface area contributed by atoms with Gasteiger partial charge in [-0.2, -0.15) is 0 Å². The number of rotatable bonds is 6. The molecule has 1 atom stereocenters. The summed E-state index contributed by atoms with van der Waals surface area (Å²) in [6, 6.07) is 8.82. The fourth-order valence-electron chi connectivity index (χ4n) is 2.30. The topological polar surface area (TPSA) is 87.1 Å². The van der Waals surface area contributed by atoms with Crippen LogP contribution in [0, 0.1) is 12.8 Å². The largest absolute Gasteiger partial charge is 0.391 e. The van der Waals surface area contributed by atoms with Crippen molar-refractivity contribution in [3.8, 4) is 11.4 Å². The molecule has 6 nitrogen and oxygen atoms in total. The highest BCUT2D eigenvalue weighted by Crippen LogP contribution is 2.17. The average Bonchev–Trinajstić information content (AvgIpc) is 2.53. The number of nitrogens with one attached hydrogen (secondary N) is 2. The summed E-state index contributed by atoms with van der Waals surface area (Å²) < 4.78 is 0. The second-order valence-electron chi connectivity index (χ2n) is 6.22. The molecule has 6 heteroatoms. The van der Waals surface area contributed by atoms with Crippen LogP contribution in [0.15, 0.2) is 36.5 Å². The molecule has 128 valence electrons. The maximum absolute atomic E-state index is 11.8. The predicted molar refractivity (Wildman–Crippen MR) is 94.7 cm³/mol. The van der Waals surface area contributed by atoms with E-state index in [1.807, 2.05) is 39.0 Å². The Hall–Kier alpha value is -2.47. The van der Waals surface area contributed by atoms with E-state index in [1.54, 1.807) is 18.3 Å². The molecule has 24 heavy (non-hydrogen) atoms. The number of benzene rings is 1. The third-order valence-corrected chi connectivity index (χ3v) is 3.44. The Bertz CT molecular complexity index is 671. The molecule has 0 fully saturated rings. The molecule has 2 rings (SSSR count). The minimum absolute atomic E-state index is 0.235. The number of hydrogen-bond donors (Lipinski definition) is 3. The Morgan fingerprint density at radius 3 is 2.54 bits per heavy atom. The van der Waals surface area contributed by atoms with Gasteiger partial charge in [-0.15, -0.1) is 0 Å². The van der Waals surface area contributed by atoms with E-state index in [0.717, 1.165) is 11.3 Å². The zero-order chi connectivity index (χ0) is 17.5. The molecule has 0 aliphatic heterocycles. The number of nitrogens with zero attached hydrogens (tertiary/aromatic N) is 2. The third kappa shape index (κ3) is 5.62. The van der Waals surface area contributed by atoms with Crippen LogP contribution in [0.3, 0.4) is 0 Å². The summed E-state index contributed by atoms with van der Waals surface area (Å²) >= 11 is 0. The molecule has 2 amide bonds. The number of aromatic nitrogens is 2. The number of urea groups is 1. The first-order valence-corrected chi connectivity index (χ1v) is 8.07. The minimum Gasteiger partial charge on any atom is -0.391 e. The summed E-state index contributed by atoms with van der Waals surface area (Å²) in [5.74, 6) is 1.05. The second kappa shape index (κ2) is 8.40. The average molecular weight is 328 g/mol. The standard InChI is InChI=1S/C18H24N4O2/c1-12(2)10-16(23)11-20-18(24)22-15-6-4-14(5-7-15)17-19-9-8-13(3)21-17/h4-9,12,16,23H,10-11H2,1-3H3,(H2,20,22,24). The van der Waals surface area contributed by atoms with E-state index < -0.39 is 6.10 Å². The van der Waals surface area contributed by atoms with Crippen molar-refractivity contribution in [2.45, 2.75) is 33.3 Å². The monoisotopic (exact) mass is 328 g/mol. The van der Waals surface area contributed by atoms with Gasteiger partial charge in [-0.05, 0) is 49.6 Å². The maximum atomic E-state index is 11.8. The number of aliphatic hydroxyl groups excluding tert-OH is 1. The Morgan fingerprint density at radius 2 is 1.92 bits per heavy atom. The van der Waals surface area contributed by atoms with Gasteiger partial charge in [0.2, 0.25) is 0 Å². The molecule has 0 bridgehead atoms. The van der Waals surface area contributed by atoms with Crippen molar-refractivity contribution in [1.82, 2.24) is 15.3 Å². The summed E-state index contributed by atoms with van der Waals surface area (Å²) in [5.41, 5.74) is 2.46. The van der Waals surface area contributed by atoms with Gasteiger partial charge in [0.05, 0.1) is 6.10 Å². The fourth-order valence-corrected chi connectivity index (χ4v) is 2.30. The highest BCUT2D eigenvalue weighted by atomic mass is 16.3. The quantitative estimate of drug-likeness (QED) is 0.761. The Labute approximate surface area is 142 Å². The van der Waals surface area contributed by atoms with Crippen molar-refractivity contribution in [2.75, 3.05) is 11.9 Å². The van der Waals surface area contributed by atoms with Crippen LogP contribution in [-0.4, -0.2) is 33.8 Å². The number of aliphatic hydroxyl groups is 1. The molecule has 0 saturated heterocycles. The molecule has 0 spiro atoms. The van der Waals surface area contributed by atoms with Crippen molar-refractivity contribution >= 4 is 11.7 Å². The SMILES string of the molecule is Cc1ccnc(-c2ccc(NC(=O)NCC(O)CC(C)C)cc2)n1. The lowest BCUT2D eigenvalue weighted by atomic mass is 10.1. The van der Waals surface area contributed by atoms with E-state index in [9.17, 15) is 9.90 Å². The molecule has 1 unspecified atom stereocenters. The van der Waals surface area contributed by atoms with E-state index in [4.69, 9.17) is 0 Å². The molecule has 1 aromatic carbocycles. The lowest BCUT2D eigenvalue weighted by molar-refractivity contribution is 0.148. The van der Waals surface area contributed by atoms with Crippen LogP contribution in [0.4, 0.5) is 10.5 Å². The Morgan fingerprint density at radius 1 is 1.21 bits per heavy atom. The molecule has 0 radical (unpaired) electrons. The number of aryl methyl sites for hydroxylation is 1. The van der Waals surface area contributed by atoms with Crippen LogP contribution in [0.25, 0.3) is 11.4 Å².